The molecule has 0 heterocycles. The number of hydrogen-bond acceptors (Lipinski definition) is 2. The SMILES string of the molecule is CCCCN(c1cccc(F)c1C(C)N)C(C)CC. The quantitative estimate of drug-likeness (QED) is 0.799. The van der Waals surface area contributed by atoms with Crippen LogP contribution in [0.2, 0.25) is 0 Å². The molecule has 0 saturated carbocycles. The molecule has 1 rings (SSSR count). The van der Waals surface area contributed by atoms with E-state index < -0.39 is 0 Å². The van der Waals surface area contributed by atoms with Gasteiger partial charge in [-0.05, 0) is 38.8 Å². The van der Waals surface area contributed by atoms with Gasteiger partial charge in [-0.25, -0.2) is 4.39 Å². The minimum absolute atomic E-state index is 0.197. The molecule has 2 atom stereocenters. The summed E-state index contributed by atoms with van der Waals surface area (Å²) in [5.74, 6) is -0.197. The molecule has 0 fully saturated rings. The van der Waals surface area contributed by atoms with Gasteiger partial charge in [-0.3, -0.25) is 0 Å². The lowest BCUT2D eigenvalue weighted by molar-refractivity contribution is 0.569. The third-order valence-electron chi connectivity index (χ3n) is 3.67. The summed E-state index contributed by atoms with van der Waals surface area (Å²) < 4.78 is 14.0. The topological polar surface area (TPSA) is 29.3 Å². The van der Waals surface area contributed by atoms with Gasteiger partial charge < -0.3 is 10.6 Å². The van der Waals surface area contributed by atoms with E-state index >= 15 is 0 Å². The Kier molecular flexibility index (Phi) is 6.29. The van der Waals surface area contributed by atoms with Gasteiger partial charge in [0.15, 0.2) is 0 Å². The minimum atomic E-state index is -0.288. The fraction of sp³-hybridized carbons (Fsp3) is 0.625. The first-order valence-electron chi connectivity index (χ1n) is 7.33. The summed E-state index contributed by atoms with van der Waals surface area (Å²) in [7, 11) is 0. The molecular formula is C16H27FN2. The van der Waals surface area contributed by atoms with E-state index in [0.29, 0.717) is 11.6 Å². The number of rotatable bonds is 7. The smallest absolute Gasteiger partial charge is 0.130 e. The van der Waals surface area contributed by atoms with Gasteiger partial charge in [0.05, 0.1) is 0 Å². The van der Waals surface area contributed by atoms with Crippen molar-refractivity contribution in [3.8, 4) is 0 Å². The van der Waals surface area contributed by atoms with Crippen LogP contribution in [-0.4, -0.2) is 12.6 Å². The highest BCUT2D eigenvalue weighted by Gasteiger charge is 2.20. The Bertz CT molecular complexity index is 390. The second-order valence-electron chi connectivity index (χ2n) is 5.27. The zero-order chi connectivity index (χ0) is 14.4. The molecule has 0 saturated heterocycles. The van der Waals surface area contributed by atoms with E-state index in [1.807, 2.05) is 13.0 Å². The number of hydrogen-bond donors (Lipinski definition) is 1. The molecule has 108 valence electrons. The fourth-order valence-corrected chi connectivity index (χ4v) is 2.35. The van der Waals surface area contributed by atoms with Crippen LogP contribution in [-0.2, 0) is 0 Å². The lowest BCUT2D eigenvalue weighted by Crippen LogP contribution is -2.35. The summed E-state index contributed by atoms with van der Waals surface area (Å²) in [5.41, 5.74) is 7.55. The first-order valence-corrected chi connectivity index (χ1v) is 7.33. The molecule has 2 unspecified atom stereocenters. The summed E-state index contributed by atoms with van der Waals surface area (Å²) in [6.45, 7) is 9.32. The highest BCUT2D eigenvalue weighted by atomic mass is 19.1. The summed E-state index contributed by atoms with van der Waals surface area (Å²) in [6.07, 6.45) is 3.29. The fourth-order valence-electron chi connectivity index (χ4n) is 2.35. The Morgan fingerprint density at radius 1 is 1.26 bits per heavy atom. The first-order chi connectivity index (χ1) is 9.02. The van der Waals surface area contributed by atoms with E-state index in [9.17, 15) is 4.39 Å². The summed E-state index contributed by atoms with van der Waals surface area (Å²) >= 11 is 0. The molecule has 3 heteroatoms. The molecule has 2 nitrogen and oxygen atoms in total. The maximum absolute atomic E-state index is 14.0. The molecule has 0 aliphatic rings. The van der Waals surface area contributed by atoms with Crippen molar-refractivity contribution in [2.24, 2.45) is 5.73 Å². The van der Waals surface area contributed by atoms with Crippen molar-refractivity contribution in [3.05, 3.63) is 29.6 Å². The minimum Gasteiger partial charge on any atom is -0.368 e. The number of anilines is 1. The van der Waals surface area contributed by atoms with Crippen molar-refractivity contribution in [1.29, 1.82) is 0 Å². The van der Waals surface area contributed by atoms with Crippen LogP contribution in [0.5, 0.6) is 0 Å². The van der Waals surface area contributed by atoms with Gasteiger partial charge in [0.25, 0.3) is 0 Å². The van der Waals surface area contributed by atoms with E-state index in [1.165, 1.54) is 6.07 Å². The number of halogens is 1. The Labute approximate surface area is 116 Å². The lowest BCUT2D eigenvalue weighted by Gasteiger charge is -2.33. The third-order valence-corrected chi connectivity index (χ3v) is 3.67. The van der Waals surface area contributed by atoms with Crippen molar-refractivity contribution in [1.82, 2.24) is 0 Å². The van der Waals surface area contributed by atoms with Crippen LogP contribution in [0.3, 0.4) is 0 Å². The van der Waals surface area contributed by atoms with Crippen molar-refractivity contribution < 1.29 is 4.39 Å². The third kappa shape index (κ3) is 3.93. The van der Waals surface area contributed by atoms with Crippen molar-refractivity contribution in [2.75, 3.05) is 11.4 Å². The predicted molar refractivity (Wildman–Crippen MR) is 81.0 cm³/mol. The number of nitrogens with zero attached hydrogens (tertiary/aromatic N) is 1. The highest BCUT2D eigenvalue weighted by Crippen LogP contribution is 2.30. The molecule has 0 amide bonds. The van der Waals surface area contributed by atoms with Crippen LogP contribution in [0, 0.1) is 5.82 Å². The average Bonchev–Trinajstić information content (AvgIpc) is 2.38. The molecule has 0 spiro atoms. The Hall–Kier alpha value is -1.09. The number of nitrogens with two attached hydrogens (primary N) is 1. The first kappa shape index (κ1) is 16.0. The largest absolute Gasteiger partial charge is 0.368 e. The maximum atomic E-state index is 14.0. The molecule has 0 radical (unpaired) electrons. The van der Waals surface area contributed by atoms with Gasteiger partial charge in [0.2, 0.25) is 0 Å². The van der Waals surface area contributed by atoms with Crippen molar-refractivity contribution in [3.63, 3.8) is 0 Å². The number of unbranched alkanes of at least 4 members (excludes halogenated alkanes) is 1. The summed E-state index contributed by atoms with van der Waals surface area (Å²) in [4.78, 5) is 2.30. The van der Waals surface area contributed by atoms with Crippen LogP contribution in [0.4, 0.5) is 10.1 Å². The molecule has 2 N–H and O–H groups in total. The normalized spacial score (nSPS) is 14.2. The van der Waals surface area contributed by atoms with E-state index in [0.717, 1.165) is 31.5 Å². The van der Waals surface area contributed by atoms with Crippen LogP contribution in [0.1, 0.15) is 58.6 Å². The Morgan fingerprint density at radius 3 is 2.47 bits per heavy atom. The Morgan fingerprint density at radius 2 is 1.95 bits per heavy atom. The standard InChI is InChI=1S/C16H27FN2/c1-5-7-11-19(12(3)6-2)15-10-8-9-14(17)16(15)13(4)18/h8-10,12-13H,5-7,11,18H2,1-4H3. The van der Waals surface area contributed by atoms with Crippen LogP contribution >= 0.6 is 0 Å². The lowest BCUT2D eigenvalue weighted by atomic mass is 10.0. The molecule has 1 aromatic rings. The average molecular weight is 266 g/mol. The predicted octanol–water partition coefficient (Wildman–Crippen LogP) is 4.25. The zero-order valence-electron chi connectivity index (χ0n) is 12.6. The summed E-state index contributed by atoms with van der Waals surface area (Å²) in [6, 6.07) is 5.37. The summed E-state index contributed by atoms with van der Waals surface area (Å²) in [5, 5.41) is 0. The van der Waals surface area contributed by atoms with Gasteiger partial charge in [0.1, 0.15) is 5.82 Å². The monoisotopic (exact) mass is 266 g/mol. The van der Waals surface area contributed by atoms with Crippen LogP contribution in [0.25, 0.3) is 0 Å². The molecule has 0 aliphatic carbocycles. The second kappa shape index (κ2) is 7.49. The van der Waals surface area contributed by atoms with Gasteiger partial charge in [-0.1, -0.05) is 26.3 Å². The Balaban J connectivity index is 3.17. The highest BCUT2D eigenvalue weighted by molar-refractivity contribution is 5.56. The van der Waals surface area contributed by atoms with Crippen LogP contribution in [0.15, 0.2) is 18.2 Å². The van der Waals surface area contributed by atoms with Gasteiger partial charge >= 0.3 is 0 Å². The van der Waals surface area contributed by atoms with E-state index in [2.05, 4.69) is 25.7 Å². The van der Waals surface area contributed by atoms with Gasteiger partial charge in [-0.15, -0.1) is 0 Å². The molecule has 1 aromatic carbocycles. The number of benzene rings is 1. The van der Waals surface area contributed by atoms with E-state index in [-0.39, 0.29) is 11.9 Å². The molecule has 0 aliphatic heterocycles. The molecular weight excluding hydrogens is 239 g/mol. The molecule has 0 aromatic heterocycles. The van der Waals surface area contributed by atoms with E-state index in [4.69, 9.17) is 5.73 Å². The van der Waals surface area contributed by atoms with Crippen LogP contribution < -0.4 is 10.6 Å². The maximum Gasteiger partial charge on any atom is 0.130 e. The second-order valence-corrected chi connectivity index (χ2v) is 5.27. The van der Waals surface area contributed by atoms with Crippen molar-refractivity contribution in [2.45, 2.75) is 59.0 Å². The van der Waals surface area contributed by atoms with Gasteiger partial charge in [0, 0.05) is 29.9 Å². The van der Waals surface area contributed by atoms with Crippen molar-refractivity contribution >= 4 is 5.69 Å². The van der Waals surface area contributed by atoms with Gasteiger partial charge in [-0.2, -0.15) is 0 Å². The zero-order valence-corrected chi connectivity index (χ0v) is 12.6. The van der Waals surface area contributed by atoms with E-state index in [1.54, 1.807) is 6.07 Å². The molecule has 19 heavy (non-hydrogen) atoms. The molecule has 0 bridgehead atoms.